The SMILES string of the molecule is CCOc1cc(-c2nnc(-c3cccs3)o2)ccc1OC(F)F. The van der Waals surface area contributed by atoms with Gasteiger partial charge in [-0.1, -0.05) is 6.07 Å². The number of alkyl halides is 2. The van der Waals surface area contributed by atoms with Gasteiger partial charge >= 0.3 is 6.61 Å². The maximum Gasteiger partial charge on any atom is 0.387 e. The number of rotatable bonds is 6. The van der Waals surface area contributed by atoms with E-state index in [0.717, 1.165) is 4.88 Å². The molecule has 0 aliphatic rings. The first-order valence-electron chi connectivity index (χ1n) is 6.76. The van der Waals surface area contributed by atoms with Crippen LogP contribution in [0.25, 0.3) is 22.2 Å². The van der Waals surface area contributed by atoms with E-state index in [1.54, 1.807) is 13.0 Å². The minimum absolute atomic E-state index is 0.0383. The van der Waals surface area contributed by atoms with Gasteiger partial charge in [0.15, 0.2) is 11.5 Å². The molecule has 0 fully saturated rings. The molecule has 3 rings (SSSR count). The minimum Gasteiger partial charge on any atom is -0.490 e. The second-order valence-corrected chi connectivity index (χ2v) is 5.31. The van der Waals surface area contributed by atoms with Crippen LogP contribution in [0.5, 0.6) is 11.5 Å². The third kappa shape index (κ3) is 3.48. The Morgan fingerprint density at radius 3 is 2.70 bits per heavy atom. The molecule has 0 amide bonds. The molecule has 0 saturated heterocycles. The smallest absolute Gasteiger partial charge is 0.387 e. The maximum atomic E-state index is 12.4. The number of thiophene rings is 1. The standard InChI is InChI=1S/C15H12F2N2O3S/c1-2-20-11-8-9(5-6-10(11)21-15(16)17)13-18-19-14(22-13)12-4-3-7-23-12/h3-8,15H,2H2,1H3. The van der Waals surface area contributed by atoms with Gasteiger partial charge in [-0.2, -0.15) is 8.78 Å². The fraction of sp³-hybridized carbons (Fsp3) is 0.200. The first-order chi connectivity index (χ1) is 11.2. The van der Waals surface area contributed by atoms with E-state index in [2.05, 4.69) is 14.9 Å². The topological polar surface area (TPSA) is 57.4 Å². The second-order valence-electron chi connectivity index (χ2n) is 4.36. The number of benzene rings is 1. The monoisotopic (exact) mass is 338 g/mol. The van der Waals surface area contributed by atoms with Crippen molar-refractivity contribution in [2.75, 3.05) is 6.61 Å². The average Bonchev–Trinajstić information content (AvgIpc) is 3.19. The van der Waals surface area contributed by atoms with Gasteiger partial charge in [0.05, 0.1) is 11.5 Å². The van der Waals surface area contributed by atoms with Crippen LogP contribution < -0.4 is 9.47 Å². The molecule has 2 aromatic heterocycles. The molecular weight excluding hydrogens is 326 g/mol. The summed E-state index contributed by atoms with van der Waals surface area (Å²) >= 11 is 1.48. The summed E-state index contributed by atoms with van der Waals surface area (Å²) in [6, 6.07) is 8.24. The number of ether oxygens (including phenoxy) is 2. The molecule has 8 heteroatoms. The molecule has 0 radical (unpaired) electrons. The van der Waals surface area contributed by atoms with Crippen molar-refractivity contribution in [1.82, 2.24) is 10.2 Å². The average molecular weight is 338 g/mol. The molecule has 0 spiro atoms. The second kappa shape index (κ2) is 6.74. The summed E-state index contributed by atoms with van der Waals surface area (Å²) < 4.78 is 40.2. The Hall–Kier alpha value is -2.48. The molecule has 0 aliphatic carbocycles. The van der Waals surface area contributed by atoms with Crippen LogP contribution in [0.2, 0.25) is 0 Å². The van der Waals surface area contributed by atoms with Gasteiger partial charge in [0.1, 0.15) is 0 Å². The molecule has 120 valence electrons. The van der Waals surface area contributed by atoms with E-state index in [1.807, 2.05) is 17.5 Å². The van der Waals surface area contributed by atoms with Crippen molar-refractivity contribution < 1.29 is 22.7 Å². The quantitative estimate of drug-likeness (QED) is 0.664. The summed E-state index contributed by atoms with van der Waals surface area (Å²) in [5, 5.41) is 9.87. The molecule has 0 N–H and O–H groups in total. The van der Waals surface area contributed by atoms with Crippen molar-refractivity contribution in [2.45, 2.75) is 13.5 Å². The zero-order valence-electron chi connectivity index (χ0n) is 12.0. The molecule has 0 atom stereocenters. The zero-order chi connectivity index (χ0) is 16.2. The molecule has 0 bridgehead atoms. The van der Waals surface area contributed by atoms with Crippen LogP contribution in [-0.2, 0) is 0 Å². The third-order valence-electron chi connectivity index (χ3n) is 2.86. The van der Waals surface area contributed by atoms with Crippen LogP contribution in [0.4, 0.5) is 8.78 Å². The molecule has 23 heavy (non-hydrogen) atoms. The Morgan fingerprint density at radius 2 is 2.00 bits per heavy atom. The molecular formula is C15H12F2N2O3S. The summed E-state index contributed by atoms with van der Waals surface area (Å²) in [4.78, 5) is 0.853. The molecule has 0 unspecified atom stereocenters. The van der Waals surface area contributed by atoms with Gasteiger partial charge < -0.3 is 13.9 Å². The van der Waals surface area contributed by atoms with Gasteiger partial charge in [0, 0.05) is 5.56 Å². The van der Waals surface area contributed by atoms with Gasteiger partial charge in [-0.15, -0.1) is 21.5 Å². The fourth-order valence-corrected chi connectivity index (χ4v) is 2.59. The highest BCUT2D eigenvalue weighted by Crippen LogP contribution is 2.34. The highest BCUT2D eigenvalue weighted by Gasteiger charge is 2.16. The van der Waals surface area contributed by atoms with Crippen molar-refractivity contribution >= 4 is 11.3 Å². The molecule has 2 heterocycles. The Kier molecular flexibility index (Phi) is 4.52. The first-order valence-corrected chi connectivity index (χ1v) is 7.64. The Balaban J connectivity index is 1.92. The van der Waals surface area contributed by atoms with Gasteiger partial charge in [0.25, 0.3) is 5.89 Å². The Bertz CT molecular complexity index is 775. The summed E-state index contributed by atoms with van der Waals surface area (Å²) in [6.45, 7) is -0.859. The van der Waals surface area contributed by atoms with Crippen molar-refractivity contribution in [3.63, 3.8) is 0 Å². The lowest BCUT2D eigenvalue weighted by atomic mass is 10.2. The van der Waals surface area contributed by atoms with Crippen molar-refractivity contribution in [3.8, 4) is 33.7 Å². The van der Waals surface area contributed by atoms with Crippen LogP contribution >= 0.6 is 11.3 Å². The lowest BCUT2D eigenvalue weighted by molar-refractivity contribution is -0.0514. The van der Waals surface area contributed by atoms with Gasteiger partial charge in [-0.25, -0.2) is 0 Å². The lowest BCUT2D eigenvalue weighted by Crippen LogP contribution is -2.04. The van der Waals surface area contributed by atoms with Crippen molar-refractivity contribution in [1.29, 1.82) is 0 Å². The molecule has 3 aromatic rings. The van der Waals surface area contributed by atoms with Gasteiger partial charge in [0.2, 0.25) is 5.89 Å². The molecule has 0 saturated carbocycles. The maximum absolute atomic E-state index is 12.4. The van der Waals surface area contributed by atoms with E-state index in [1.165, 1.54) is 23.5 Å². The van der Waals surface area contributed by atoms with Crippen LogP contribution in [0.15, 0.2) is 40.1 Å². The summed E-state index contributed by atoms with van der Waals surface area (Å²) in [6.07, 6.45) is 0. The predicted octanol–water partition coefficient (Wildman–Crippen LogP) is 4.47. The normalized spacial score (nSPS) is 11.0. The zero-order valence-corrected chi connectivity index (χ0v) is 12.8. The first kappa shape index (κ1) is 15.4. The number of hydrogen-bond donors (Lipinski definition) is 0. The predicted molar refractivity (Wildman–Crippen MR) is 80.8 cm³/mol. The van der Waals surface area contributed by atoms with Crippen LogP contribution in [0.3, 0.4) is 0 Å². The van der Waals surface area contributed by atoms with E-state index >= 15 is 0 Å². The van der Waals surface area contributed by atoms with E-state index in [4.69, 9.17) is 9.15 Å². The van der Waals surface area contributed by atoms with Crippen LogP contribution in [-0.4, -0.2) is 23.4 Å². The summed E-state index contributed by atoms with van der Waals surface area (Å²) in [5.41, 5.74) is 0.561. The number of aromatic nitrogens is 2. The van der Waals surface area contributed by atoms with Gasteiger partial charge in [-0.3, -0.25) is 0 Å². The van der Waals surface area contributed by atoms with Crippen LogP contribution in [0.1, 0.15) is 6.92 Å². The van der Waals surface area contributed by atoms with E-state index in [-0.39, 0.29) is 17.4 Å². The van der Waals surface area contributed by atoms with Gasteiger partial charge in [-0.05, 0) is 36.6 Å². The minimum atomic E-state index is -2.92. The van der Waals surface area contributed by atoms with Crippen molar-refractivity contribution in [2.24, 2.45) is 0 Å². The van der Waals surface area contributed by atoms with E-state index in [9.17, 15) is 8.78 Å². The third-order valence-corrected chi connectivity index (χ3v) is 3.72. The Labute approximate surface area is 134 Å². The number of nitrogens with zero attached hydrogens (tertiary/aromatic N) is 2. The highest BCUT2D eigenvalue weighted by molar-refractivity contribution is 7.13. The number of halogens is 2. The van der Waals surface area contributed by atoms with E-state index in [0.29, 0.717) is 18.1 Å². The summed E-state index contributed by atoms with van der Waals surface area (Å²) in [5.74, 6) is 0.837. The largest absolute Gasteiger partial charge is 0.490 e. The Morgan fingerprint density at radius 1 is 1.17 bits per heavy atom. The molecule has 0 aliphatic heterocycles. The lowest BCUT2D eigenvalue weighted by Gasteiger charge is -2.11. The highest BCUT2D eigenvalue weighted by atomic mass is 32.1. The molecule has 1 aromatic carbocycles. The molecule has 5 nitrogen and oxygen atoms in total. The van der Waals surface area contributed by atoms with E-state index < -0.39 is 6.61 Å². The van der Waals surface area contributed by atoms with Crippen LogP contribution in [0, 0.1) is 0 Å². The summed E-state index contributed by atoms with van der Waals surface area (Å²) in [7, 11) is 0. The number of hydrogen-bond acceptors (Lipinski definition) is 6. The van der Waals surface area contributed by atoms with Crippen molar-refractivity contribution in [3.05, 3.63) is 35.7 Å². The fourth-order valence-electron chi connectivity index (χ4n) is 1.94.